The van der Waals surface area contributed by atoms with Crippen LogP contribution in [-0.4, -0.2) is 19.6 Å². The van der Waals surface area contributed by atoms with E-state index in [1.807, 2.05) is 0 Å². The summed E-state index contributed by atoms with van der Waals surface area (Å²) in [5.74, 6) is 0.132. The predicted molar refractivity (Wildman–Crippen MR) is 41.5 cm³/mol. The summed E-state index contributed by atoms with van der Waals surface area (Å²) in [5, 5.41) is 0.635. The largest absolute Gasteiger partial charge is 0.493 e. The van der Waals surface area contributed by atoms with Gasteiger partial charge in [0.1, 0.15) is 12.4 Å². The SMILES string of the molecule is C=CCOC(C)=CS(=O)(=O)O. The van der Waals surface area contributed by atoms with Crippen molar-refractivity contribution in [2.24, 2.45) is 0 Å². The van der Waals surface area contributed by atoms with Crippen LogP contribution in [0, 0.1) is 0 Å². The first-order chi connectivity index (χ1) is 4.95. The highest BCUT2D eigenvalue weighted by molar-refractivity contribution is 7.88. The van der Waals surface area contributed by atoms with Gasteiger partial charge in [0.05, 0.1) is 5.41 Å². The summed E-state index contributed by atoms with van der Waals surface area (Å²) in [7, 11) is -4.08. The average Bonchev–Trinajstić information content (AvgIpc) is 1.79. The van der Waals surface area contributed by atoms with E-state index in [0.717, 1.165) is 0 Å². The Kier molecular flexibility index (Phi) is 3.84. The molecule has 0 aliphatic rings. The zero-order valence-corrected chi connectivity index (χ0v) is 6.97. The second kappa shape index (κ2) is 4.15. The van der Waals surface area contributed by atoms with Crippen LogP contribution in [0.25, 0.3) is 0 Å². The molecule has 0 aromatic rings. The van der Waals surface area contributed by atoms with Crippen LogP contribution in [0.3, 0.4) is 0 Å². The van der Waals surface area contributed by atoms with E-state index in [1.54, 1.807) is 0 Å². The zero-order chi connectivity index (χ0) is 8.91. The van der Waals surface area contributed by atoms with Crippen molar-refractivity contribution in [3.63, 3.8) is 0 Å². The molecule has 64 valence electrons. The summed E-state index contributed by atoms with van der Waals surface area (Å²) in [6, 6.07) is 0. The van der Waals surface area contributed by atoms with Gasteiger partial charge in [0.25, 0.3) is 10.1 Å². The second-order valence-corrected chi connectivity index (χ2v) is 3.11. The van der Waals surface area contributed by atoms with E-state index in [9.17, 15) is 8.42 Å². The zero-order valence-electron chi connectivity index (χ0n) is 6.15. The maximum atomic E-state index is 10.2. The van der Waals surface area contributed by atoms with Gasteiger partial charge in [-0.2, -0.15) is 8.42 Å². The van der Waals surface area contributed by atoms with Gasteiger partial charge in [-0.3, -0.25) is 4.55 Å². The lowest BCUT2D eigenvalue weighted by molar-refractivity contribution is 0.250. The topological polar surface area (TPSA) is 63.6 Å². The van der Waals surface area contributed by atoms with Gasteiger partial charge >= 0.3 is 0 Å². The van der Waals surface area contributed by atoms with Gasteiger partial charge < -0.3 is 4.74 Å². The minimum Gasteiger partial charge on any atom is -0.493 e. The minimum absolute atomic E-state index is 0.132. The Hall–Kier alpha value is -0.810. The average molecular weight is 178 g/mol. The molecule has 0 spiro atoms. The Labute approximate surface area is 65.9 Å². The first kappa shape index (κ1) is 10.2. The third-order valence-corrected chi connectivity index (χ3v) is 1.37. The summed E-state index contributed by atoms with van der Waals surface area (Å²) in [5.41, 5.74) is 0. The van der Waals surface area contributed by atoms with Crippen molar-refractivity contribution < 1.29 is 17.7 Å². The molecule has 0 aliphatic carbocycles. The van der Waals surface area contributed by atoms with Crippen LogP contribution in [0.15, 0.2) is 23.8 Å². The Morgan fingerprint density at radius 3 is 2.64 bits per heavy atom. The lowest BCUT2D eigenvalue weighted by atomic mass is 10.6. The van der Waals surface area contributed by atoms with Crippen LogP contribution in [-0.2, 0) is 14.9 Å². The summed E-state index contributed by atoms with van der Waals surface area (Å²) in [6.07, 6.45) is 1.47. The van der Waals surface area contributed by atoms with Crippen LogP contribution >= 0.6 is 0 Å². The number of hydrogen-bond donors (Lipinski definition) is 1. The fourth-order valence-electron chi connectivity index (χ4n) is 0.434. The van der Waals surface area contributed by atoms with E-state index in [-0.39, 0.29) is 12.4 Å². The van der Waals surface area contributed by atoms with Crippen LogP contribution in [0.1, 0.15) is 6.92 Å². The lowest BCUT2D eigenvalue weighted by Gasteiger charge is -2.00. The lowest BCUT2D eigenvalue weighted by Crippen LogP contribution is -1.95. The third kappa shape index (κ3) is 7.08. The van der Waals surface area contributed by atoms with Gasteiger partial charge in [-0.25, -0.2) is 0 Å². The molecule has 5 heteroatoms. The maximum absolute atomic E-state index is 10.2. The third-order valence-electron chi connectivity index (χ3n) is 0.744. The van der Waals surface area contributed by atoms with Gasteiger partial charge in [-0.15, -0.1) is 0 Å². The Morgan fingerprint density at radius 1 is 1.73 bits per heavy atom. The van der Waals surface area contributed by atoms with E-state index >= 15 is 0 Å². The molecule has 4 nitrogen and oxygen atoms in total. The molecule has 0 aromatic heterocycles. The van der Waals surface area contributed by atoms with Gasteiger partial charge in [-0.05, 0) is 6.92 Å². The van der Waals surface area contributed by atoms with Gasteiger partial charge in [0.15, 0.2) is 0 Å². The van der Waals surface area contributed by atoms with Crippen molar-refractivity contribution in [2.75, 3.05) is 6.61 Å². The predicted octanol–water partition coefficient (Wildman–Crippen LogP) is 0.938. The van der Waals surface area contributed by atoms with E-state index in [1.165, 1.54) is 13.0 Å². The molecule has 0 rings (SSSR count). The molecule has 0 fully saturated rings. The summed E-state index contributed by atoms with van der Waals surface area (Å²) in [4.78, 5) is 0. The molecule has 11 heavy (non-hydrogen) atoms. The monoisotopic (exact) mass is 178 g/mol. The van der Waals surface area contributed by atoms with E-state index in [0.29, 0.717) is 5.41 Å². The van der Waals surface area contributed by atoms with E-state index < -0.39 is 10.1 Å². The van der Waals surface area contributed by atoms with E-state index in [4.69, 9.17) is 9.29 Å². The Balaban J connectivity index is 4.12. The normalized spacial score (nSPS) is 12.7. The molecule has 0 radical (unpaired) electrons. The van der Waals surface area contributed by atoms with Gasteiger partial charge in [0, 0.05) is 0 Å². The molecular weight excluding hydrogens is 168 g/mol. The van der Waals surface area contributed by atoms with E-state index in [2.05, 4.69) is 6.58 Å². The number of ether oxygens (including phenoxy) is 1. The highest BCUT2D eigenvalue weighted by atomic mass is 32.2. The first-order valence-electron chi connectivity index (χ1n) is 2.85. The molecule has 0 amide bonds. The van der Waals surface area contributed by atoms with Crippen LogP contribution in [0.4, 0.5) is 0 Å². The number of rotatable bonds is 4. The summed E-state index contributed by atoms with van der Waals surface area (Å²) in [6.45, 7) is 5.01. The van der Waals surface area contributed by atoms with Crippen molar-refractivity contribution >= 4 is 10.1 Å². The molecular formula is C6H10O4S. The molecule has 0 saturated heterocycles. The second-order valence-electron chi connectivity index (χ2n) is 1.84. The highest BCUT2D eigenvalue weighted by Gasteiger charge is 1.99. The first-order valence-corrected chi connectivity index (χ1v) is 4.35. The molecule has 0 saturated carbocycles. The molecule has 0 aromatic carbocycles. The van der Waals surface area contributed by atoms with Crippen LogP contribution in [0.2, 0.25) is 0 Å². The maximum Gasteiger partial charge on any atom is 0.290 e. The van der Waals surface area contributed by atoms with Gasteiger partial charge in [0.2, 0.25) is 0 Å². The highest BCUT2D eigenvalue weighted by Crippen LogP contribution is 1.98. The van der Waals surface area contributed by atoms with Crippen molar-refractivity contribution in [2.45, 2.75) is 6.92 Å². The molecule has 0 aliphatic heterocycles. The van der Waals surface area contributed by atoms with Gasteiger partial charge in [-0.1, -0.05) is 12.7 Å². The fraction of sp³-hybridized carbons (Fsp3) is 0.333. The Morgan fingerprint density at radius 2 is 2.27 bits per heavy atom. The van der Waals surface area contributed by atoms with Crippen molar-refractivity contribution in [3.05, 3.63) is 23.8 Å². The summed E-state index contributed by atoms with van der Waals surface area (Å²) >= 11 is 0. The minimum atomic E-state index is -4.08. The van der Waals surface area contributed by atoms with Crippen molar-refractivity contribution in [1.29, 1.82) is 0 Å². The van der Waals surface area contributed by atoms with Crippen molar-refractivity contribution in [3.8, 4) is 0 Å². The number of hydrogen-bond acceptors (Lipinski definition) is 3. The summed E-state index contributed by atoms with van der Waals surface area (Å²) < 4.78 is 33.4. The molecule has 0 atom stereocenters. The van der Waals surface area contributed by atoms with Crippen molar-refractivity contribution in [1.82, 2.24) is 0 Å². The van der Waals surface area contributed by atoms with Crippen LogP contribution < -0.4 is 0 Å². The standard InChI is InChI=1S/C6H10O4S/c1-3-4-10-6(2)5-11(7,8)9/h3,5H,1,4H2,2H3,(H,7,8,9). The smallest absolute Gasteiger partial charge is 0.290 e. The molecule has 0 unspecified atom stereocenters. The Bertz CT molecular complexity index is 250. The fourth-order valence-corrected chi connectivity index (χ4v) is 0.922. The quantitative estimate of drug-likeness (QED) is 0.395. The molecule has 0 heterocycles. The number of allylic oxidation sites excluding steroid dienone is 1. The van der Waals surface area contributed by atoms with Crippen LogP contribution in [0.5, 0.6) is 0 Å². The molecule has 1 N–H and O–H groups in total. The molecule has 0 bridgehead atoms.